The summed E-state index contributed by atoms with van der Waals surface area (Å²) in [7, 11) is 0. The van der Waals surface area contributed by atoms with Crippen molar-refractivity contribution < 1.29 is 14.6 Å². The predicted molar refractivity (Wildman–Crippen MR) is 62.3 cm³/mol. The van der Waals surface area contributed by atoms with Gasteiger partial charge < -0.3 is 15.6 Å². The topological polar surface area (TPSA) is 72.5 Å². The van der Waals surface area contributed by atoms with Crippen molar-refractivity contribution in [3.8, 4) is 5.75 Å². The van der Waals surface area contributed by atoms with Crippen molar-refractivity contribution >= 4 is 11.7 Å². The van der Waals surface area contributed by atoms with E-state index in [1.54, 1.807) is 6.07 Å². The van der Waals surface area contributed by atoms with Gasteiger partial charge in [0.15, 0.2) is 0 Å². The molecule has 0 unspecified atom stereocenters. The Morgan fingerprint density at radius 1 is 1.50 bits per heavy atom. The average molecular weight is 223 g/mol. The van der Waals surface area contributed by atoms with Gasteiger partial charge in [-0.1, -0.05) is 19.9 Å². The molecule has 0 aliphatic carbocycles. The van der Waals surface area contributed by atoms with Gasteiger partial charge in [0.1, 0.15) is 5.75 Å². The molecule has 0 aromatic heterocycles. The van der Waals surface area contributed by atoms with Crippen molar-refractivity contribution in [3.63, 3.8) is 0 Å². The van der Waals surface area contributed by atoms with E-state index in [2.05, 4.69) is 13.8 Å². The second kappa shape index (κ2) is 5.39. The van der Waals surface area contributed by atoms with E-state index in [1.807, 2.05) is 0 Å². The first-order chi connectivity index (χ1) is 7.52. The Balaban J connectivity index is 2.63. The van der Waals surface area contributed by atoms with Crippen LogP contribution in [-0.2, 0) is 4.74 Å². The molecule has 0 aliphatic heterocycles. The minimum Gasteiger partial charge on any atom is -0.506 e. The van der Waals surface area contributed by atoms with Crippen molar-refractivity contribution in [1.82, 2.24) is 0 Å². The third kappa shape index (κ3) is 3.15. The molecule has 1 aromatic rings. The number of hydrogen-bond acceptors (Lipinski definition) is 4. The number of phenols is 1. The second-order valence-corrected chi connectivity index (χ2v) is 4.06. The number of phenolic OH excluding ortho intramolecular Hbond substituents is 1. The molecule has 16 heavy (non-hydrogen) atoms. The number of nitrogens with two attached hydrogens (primary N) is 1. The molecule has 0 amide bonds. The monoisotopic (exact) mass is 223 g/mol. The van der Waals surface area contributed by atoms with Crippen LogP contribution in [-0.4, -0.2) is 17.7 Å². The highest BCUT2D eigenvalue weighted by Gasteiger charge is 2.13. The van der Waals surface area contributed by atoms with Crippen LogP contribution in [0.4, 0.5) is 5.69 Å². The quantitative estimate of drug-likeness (QED) is 0.466. The molecule has 0 bridgehead atoms. The summed E-state index contributed by atoms with van der Waals surface area (Å²) in [6.07, 6.45) is 0.810. The fraction of sp³-hybridized carbons (Fsp3) is 0.417. The molecule has 88 valence electrons. The summed E-state index contributed by atoms with van der Waals surface area (Å²) in [5.41, 5.74) is 5.84. The van der Waals surface area contributed by atoms with Crippen LogP contribution in [0.2, 0.25) is 0 Å². The molecule has 4 heteroatoms. The zero-order valence-corrected chi connectivity index (χ0v) is 9.56. The van der Waals surface area contributed by atoms with Gasteiger partial charge in [-0.15, -0.1) is 0 Å². The number of rotatable bonds is 4. The Morgan fingerprint density at radius 2 is 2.19 bits per heavy atom. The number of para-hydroxylation sites is 1. The molecule has 1 rings (SSSR count). The molecule has 0 heterocycles. The van der Waals surface area contributed by atoms with E-state index in [-0.39, 0.29) is 17.0 Å². The van der Waals surface area contributed by atoms with Gasteiger partial charge in [0.25, 0.3) is 0 Å². The Hall–Kier alpha value is -1.71. The average Bonchev–Trinajstić information content (AvgIpc) is 2.21. The maximum atomic E-state index is 11.6. The largest absolute Gasteiger partial charge is 0.506 e. The highest BCUT2D eigenvalue weighted by Crippen LogP contribution is 2.24. The molecule has 0 fully saturated rings. The molecule has 0 aliphatic rings. The molecular formula is C12H17NO3. The first kappa shape index (κ1) is 12.4. The van der Waals surface area contributed by atoms with Gasteiger partial charge in [0.2, 0.25) is 0 Å². The standard InChI is InChI=1S/C12H17NO3/c1-8(2)6-7-16-12(15)9-4-3-5-10(14)11(9)13/h3-5,8,14H,6-7,13H2,1-2H3. The number of anilines is 1. The SMILES string of the molecule is CC(C)CCOC(=O)c1cccc(O)c1N. The lowest BCUT2D eigenvalue weighted by Gasteiger charge is -2.08. The molecule has 0 atom stereocenters. The van der Waals surface area contributed by atoms with Gasteiger partial charge in [-0.3, -0.25) is 0 Å². The van der Waals surface area contributed by atoms with Crippen molar-refractivity contribution in [2.45, 2.75) is 20.3 Å². The number of ether oxygens (including phenoxy) is 1. The Kier molecular flexibility index (Phi) is 4.17. The summed E-state index contributed by atoms with van der Waals surface area (Å²) < 4.78 is 5.04. The lowest BCUT2D eigenvalue weighted by atomic mass is 10.1. The Bertz CT molecular complexity index is 375. The summed E-state index contributed by atoms with van der Waals surface area (Å²) >= 11 is 0. The predicted octanol–water partition coefficient (Wildman–Crippen LogP) is 2.18. The minimum atomic E-state index is -0.492. The van der Waals surface area contributed by atoms with Gasteiger partial charge in [-0.25, -0.2) is 4.79 Å². The number of aromatic hydroxyl groups is 1. The lowest BCUT2D eigenvalue weighted by molar-refractivity contribution is 0.0489. The maximum Gasteiger partial charge on any atom is 0.340 e. The minimum absolute atomic E-state index is 0.0667. The number of hydrogen-bond donors (Lipinski definition) is 2. The fourth-order valence-corrected chi connectivity index (χ4v) is 1.20. The van der Waals surface area contributed by atoms with E-state index in [0.29, 0.717) is 12.5 Å². The molecule has 3 N–H and O–H groups in total. The van der Waals surface area contributed by atoms with Gasteiger partial charge in [0, 0.05) is 0 Å². The van der Waals surface area contributed by atoms with Gasteiger partial charge in [0.05, 0.1) is 17.9 Å². The molecule has 0 saturated heterocycles. The third-order valence-corrected chi connectivity index (χ3v) is 2.23. The zero-order chi connectivity index (χ0) is 12.1. The van der Waals surface area contributed by atoms with Gasteiger partial charge >= 0.3 is 5.97 Å². The van der Waals surface area contributed by atoms with Crippen LogP contribution in [0, 0.1) is 5.92 Å². The van der Waals surface area contributed by atoms with Gasteiger partial charge in [-0.05, 0) is 24.5 Å². The number of carbonyl (C=O) groups is 1. The van der Waals surface area contributed by atoms with E-state index in [1.165, 1.54) is 12.1 Å². The number of esters is 1. The molecule has 1 aromatic carbocycles. The van der Waals surface area contributed by atoms with E-state index in [0.717, 1.165) is 6.42 Å². The smallest absolute Gasteiger partial charge is 0.340 e. The highest BCUT2D eigenvalue weighted by atomic mass is 16.5. The van der Waals surface area contributed by atoms with Crippen LogP contribution in [0.15, 0.2) is 18.2 Å². The third-order valence-electron chi connectivity index (χ3n) is 2.23. The summed E-state index contributed by atoms with van der Waals surface area (Å²) in [6, 6.07) is 4.53. The van der Waals surface area contributed by atoms with Crippen molar-refractivity contribution in [2.24, 2.45) is 5.92 Å². The van der Waals surface area contributed by atoms with Crippen molar-refractivity contribution in [1.29, 1.82) is 0 Å². The van der Waals surface area contributed by atoms with Crippen LogP contribution in [0.5, 0.6) is 5.75 Å². The van der Waals surface area contributed by atoms with Crippen LogP contribution in [0.3, 0.4) is 0 Å². The zero-order valence-electron chi connectivity index (χ0n) is 9.56. The molecule has 0 saturated carbocycles. The second-order valence-electron chi connectivity index (χ2n) is 4.06. The van der Waals surface area contributed by atoms with Crippen molar-refractivity contribution in [3.05, 3.63) is 23.8 Å². The number of carbonyl (C=O) groups excluding carboxylic acids is 1. The lowest BCUT2D eigenvalue weighted by Crippen LogP contribution is -2.10. The van der Waals surface area contributed by atoms with Crippen LogP contribution in [0.25, 0.3) is 0 Å². The van der Waals surface area contributed by atoms with E-state index in [9.17, 15) is 9.90 Å². The Labute approximate surface area is 95.0 Å². The van der Waals surface area contributed by atoms with Crippen LogP contribution < -0.4 is 5.73 Å². The summed E-state index contributed by atoms with van der Waals surface area (Å²) in [5, 5.41) is 9.33. The number of benzene rings is 1. The highest BCUT2D eigenvalue weighted by molar-refractivity contribution is 5.96. The van der Waals surface area contributed by atoms with Gasteiger partial charge in [-0.2, -0.15) is 0 Å². The Morgan fingerprint density at radius 3 is 2.81 bits per heavy atom. The normalized spacial score (nSPS) is 10.4. The van der Waals surface area contributed by atoms with Crippen LogP contribution in [0.1, 0.15) is 30.6 Å². The molecule has 4 nitrogen and oxygen atoms in total. The van der Waals surface area contributed by atoms with Crippen molar-refractivity contribution in [2.75, 3.05) is 12.3 Å². The number of nitrogen functional groups attached to an aromatic ring is 1. The summed E-state index contributed by atoms with van der Waals surface area (Å²) in [5.74, 6) is -0.110. The first-order valence-electron chi connectivity index (χ1n) is 5.27. The van der Waals surface area contributed by atoms with E-state index >= 15 is 0 Å². The van der Waals surface area contributed by atoms with E-state index in [4.69, 9.17) is 10.5 Å². The molecular weight excluding hydrogens is 206 g/mol. The first-order valence-corrected chi connectivity index (χ1v) is 5.27. The molecule has 0 radical (unpaired) electrons. The fourth-order valence-electron chi connectivity index (χ4n) is 1.20. The molecule has 0 spiro atoms. The maximum absolute atomic E-state index is 11.6. The summed E-state index contributed by atoms with van der Waals surface area (Å²) in [4.78, 5) is 11.6. The van der Waals surface area contributed by atoms with E-state index < -0.39 is 5.97 Å². The van der Waals surface area contributed by atoms with Crippen LogP contribution >= 0.6 is 0 Å². The summed E-state index contributed by atoms with van der Waals surface area (Å²) in [6.45, 7) is 4.47.